The van der Waals surface area contributed by atoms with Crippen LogP contribution in [0, 0.1) is 0 Å². The molecule has 0 spiro atoms. The normalized spacial score (nSPS) is 18.1. The summed E-state index contributed by atoms with van der Waals surface area (Å²) in [6, 6.07) is 8.43. The van der Waals surface area contributed by atoms with Crippen LogP contribution in [0.4, 0.5) is 0 Å². The standard InChI is InChI=1S/C17H27ClN2O/c18-15-6-4-5-14(13-15)17(19)9-10-20(11-12-21)16-7-2-1-3-8-16/h4-6,13,16-17,21H,1-3,7-12,19H2. The molecule has 0 aromatic heterocycles. The predicted molar refractivity (Wildman–Crippen MR) is 88.5 cm³/mol. The number of halogens is 1. The lowest BCUT2D eigenvalue weighted by molar-refractivity contribution is 0.120. The van der Waals surface area contributed by atoms with Gasteiger partial charge in [0.1, 0.15) is 0 Å². The fourth-order valence-electron chi connectivity index (χ4n) is 3.26. The van der Waals surface area contributed by atoms with E-state index < -0.39 is 0 Å². The van der Waals surface area contributed by atoms with Gasteiger partial charge in [0.15, 0.2) is 0 Å². The molecule has 1 aliphatic rings. The van der Waals surface area contributed by atoms with E-state index in [0.29, 0.717) is 6.04 Å². The van der Waals surface area contributed by atoms with E-state index in [0.717, 1.165) is 30.1 Å². The largest absolute Gasteiger partial charge is 0.395 e. The monoisotopic (exact) mass is 310 g/mol. The molecule has 1 unspecified atom stereocenters. The summed E-state index contributed by atoms with van der Waals surface area (Å²) in [5.74, 6) is 0. The summed E-state index contributed by atoms with van der Waals surface area (Å²) in [4.78, 5) is 2.42. The van der Waals surface area contributed by atoms with Gasteiger partial charge in [0.05, 0.1) is 6.61 Å². The number of hydrogen-bond acceptors (Lipinski definition) is 3. The highest BCUT2D eigenvalue weighted by molar-refractivity contribution is 6.30. The van der Waals surface area contributed by atoms with Gasteiger partial charge in [-0.05, 0) is 37.0 Å². The molecule has 0 amide bonds. The lowest BCUT2D eigenvalue weighted by Gasteiger charge is -2.34. The lowest BCUT2D eigenvalue weighted by atomic mass is 9.93. The van der Waals surface area contributed by atoms with Gasteiger partial charge in [-0.1, -0.05) is 43.0 Å². The molecule has 3 nitrogen and oxygen atoms in total. The lowest BCUT2D eigenvalue weighted by Crippen LogP contribution is -2.40. The van der Waals surface area contributed by atoms with Crippen LogP contribution in [0.25, 0.3) is 0 Å². The Kier molecular flexibility index (Phi) is 6.97. The maximum atomic E-state index is 9.30. The summed E-state index contributed by atoms with van der Waals surface area (Å²) >= 11 is 6.02. The molecule has 0 saturated heterocycles. The van der Waals surface area contributed by atoms with Crippen molar-refractivity contribution in [2.24, 2.45) is 5.73 Å². The van der Waals surface area contributed by atoms with Crippen molar-refractivity contribution in [2.75, 3.05) is 19.7 Å². The molecule has 118 valence electrons. The van der Waals surface area contributed by atoms with Gasteiger partial charge in [-0.3, -0.25) is 4.90 Å². The van der Waals surface area contributed by atoms with Gasteiger partial charge in [-0.2, -0.15) is 0 Å². The predicted octanol–water partition coefficient (Wildman–Crippen LogP) is 3.36. The minimum absolute atomic E-state index is 0.00786. The molecule has 1 aromatic rings. The van der Waals surface area contributed by atoms with Crippen LogP contribution >= 0.6 is 11.6 Å². The molecule has 0 radical (unpaired) electrons. The summed E-state index contributed by atoms with van der Waals surface area (Å²) in [6.45, 7) is 1.93. The van der Waals surface area contributed by atoms with Crippen LogP contribution in [-0.4, -0.2) is 35.7 Å². The van der Waals surface area contributed by atoms with Crippen LogP contribution in [0.5, 0.6) is 0 Å². The minimum atomic E-state index is 0.00786. The molecule has 1 fully saturated rings. The second-order valence-corrected chi connectivity index (χ2v) is 6.44. The molecule has 2 rings (SSSR count). The highest BCUT2D eigenvalue weighted by Gasteiger charge is 2.21. The van der Waals surface area contributed by atoms with Crippen LogP contribution in [0.3, 0.4) is 0 Å². The van der Waals surface area contributed by atoms with Gasteiger partial charge in [-0.15, -0.1) is 0 Å². The average Bonchev–Trinajstić information content (AvgIpc) is 2.52. The van der Waals surface area contributed by atoms with Crippen LogP contribution in [0.2, 0.25) is 5.02 Å². The van der Waals surface area contributed by atoms with Crippen molar-refractivity contribution in [3.05, 3.63) is 34.9 Å². The van der Waals surface area contributed by atoms with E-state index in [1.54, 1.807) is 0 Å². The van der Waals surface area contributed by atoms with Crippen LogP contribution in [0.15, 0.2) is 24.3 Å². The first-order valence-corrected chi connectivity index (χ1v) is 8.44. The zero-order valence-electron chi connectivity index (χ0n) is 12.7. The Hall–Kier alpha value is -0.610. The number of aliphatic hydroxyl groups is 1. The second-order valence-electron chi connectivity index (χ2n) is 6.00. The van der Waals surface area contributed by atoms with Crippen molar-refractivity contribution >= 4 is 11.6 Å². The Labute approximate surface area is 133 Å². The maximum absolute atomic E-state index is 9.30. The number of nitrogens with two attached hydrogens (primary N) is 1. The zero-order valence-corrected chi connectivity index (χ0v) is 13.4. The fraction of sp³-hybridized carbons (Fsp3) is 0.647. The van der Waals surface area contributed by atoms with Crippen LogP contribution in [-0.2, 0) is 0 Å². The van der Waals surface area contributed by atoms with E-state index in [9.17, 15) is 5.11 Å². The zero-order chi connectivity index (χ0) is 15.1. The Balaban J connectivity index is 1.88. The second kappa shape index (κ2) is 8.74. The Bertz CT molecular complexity index is 421. The van der Waals surface area contributed by atoms with Crippen molar-refractivity contribution in [3.8, 4) is 0 Å². The van der Waals surface area contributed by atoms with Crippen LogP contribution < -0.4 is 5.73 Å². The first kappa shape index (κ1) is 16.8. The third-order valence-electron chi connectivity index (χ3n) is 4.48. The molecule has 1 aliphatic carbocycles. The van der Waals surface area contributed by atoms with Crippen molar-refractivity contribution in [3.63, 3.8) is 0 Å². The molecule has 21 heavy (non-hydrogen) atoms. The van der Waals surface area contributed by atoms with Gasteiger partial charge in [0, 0.05) is 30.2 Å². The molecule has 1 atom stereocenters. The highest BCUT2D eigenvalue weighted by Crippen LogP contribution is 2.24. The van der Waals surface area contributed by atoms with E-state index in [-0.39, 0.29) is 12.6 Å². The van der Waals surface area contributed by atoms with Crippen molar-refractivity contribution in [1.29, 1.82) is 0 Å². The first-order chi connectivity index (χ1) is 10.2. The average molecular weight is 311 g/mol. The number of hydrogen-bond donors (Lipinski definition) is 2. The van der Waals surface area contributed by atoms with E-state index in [1.807, 2.05) is 24.3 Å². The molecule has 3 N–H and O–H groups in total. The first-order valence-electron chi connectivity index (χ1n) is 8.06. The van der Waals surface area contributed by atoms with Gasteiger partial charge in [-0.25, -0.2) is 0 Å². The summed E-state index contributed by atoms with van der Waals surface area (Å²) in [7, 11) is 0. The van der Waals surface area contributed by atoms with Crippen LogP contribution in [0.1, 0.15) is 50.1 Å². The van der Waals surface area contributed by atoms with Gasteiger partial charge in [0.2, 0.25) is 0 Å². The van der Waals surface area contributed by atoms with E-state index in [2.05, 4.69) is 4.90 Å². The van der Waals surface area contributed by atoms with Crippen molar-refractivity contribution in [2.45, 2.75) is 50.6 Å². The number of benzene rings is 1. The summed E-state index contributed by atoms with van der Waals surface area (Å²) in [5, 5.41) is 10.0. The molecule has 1 saturated carbocycles. The number of rotatable bonds is 7. The topological polar surface area (TPSA) is 49.5 Å². The fourth-order valence-corrected chi connectivity index (χ4v) is 3.46. The van der Waals surface area contributed by atoms with Gasteiger partial charge in [0.25, 0.3) is 0 Å². The molecule has 4 heteroatoms. The molecule has 0 bridgehead atoms. The summed E-state index contributed by atoms with van der Waals surface area (Å²) in [6.07, 6.45) is 7.39. The Morgan fingerprint density at radius 1 is 1.24 bits per heavy atom. The third-order valence-corrected chi connectivity index (χ3v) is 4.72. The SMILES string of the molecule is NC(CCN(CCO)C1CCCCC1)c1cccc(Cl)c1. The number of nitrogens with zero attached hydrogens (tertiary/aromatic N) is 1. The van der Waals surface area contributed by atoms with Gasteiger partial charge < -0.3 is 10.8 Å². The van der Waals surface area contributed by atoms with E-state index >= 15 is 0 Å². The third kappa shape index (κ3) is 5.26. The quantitative estimate of drug-likeness (QED) is 0.812. The highest BCUT2D eigenvalue weighted by atomic mass is 35.5. The van der Waals surface area contributed by atoms with Crippen molar-refractivity contribution in [1.82, 2.24) is 4.90 Å². The number of aliphatic hydroxyl groups excluding tert-OH is 1. The summed E-state index contributed by atoms with van der Waals surface area (Å²) < 4.78 is 0. The van der Waals surface area contributed by atoms with E-state index in [1.165, 1.54) is 32.1 Å². The molecule has 0 heterocycles. The van der Waals surface area contributed by atoms with Crippen molar-refractivity contribution < 1.29 is 5.11 Å². The Morgan fingerprint density at radius 2 is 2.00 bits per heavy atom. The smallest absolute Gasteiger partial charge is 0.0558 e. The van der Waals surface area contributed by atoms with E-state index in [4.69, 9.17) is 17.3 Å². The minimum Gasteiger partial charge on any atom is -0.395 e. The summed E-state index contributed by atoms with van der Waals surface area (Å²) in [5.41, 5.74) is 7.38. The molecule has 1 aromatic carbocycles. The molecular formula is C17H27ClN2O. The Morgan fingerprint density at radius 3 is 2.67 bits per heavy atom. The molecule has 0 aliphatic heterocycles. The van der Waals surface area contributed by atoms with Gasteiger partial charge >= 0.3 is 0 Å². The maximum Gasteiger partial charge on any atom is 0.0558 e. The molecular weight excluding hydrogens is 284 g/mol.